The summed E-state index contributed by atoms with van der Waals surface area (Å²) in [6.45, 7) is 2.89. The van der Waals surface area contributed by atoms with Crippen LogP contribution in [0.15, 0.2) is 24.3 Å². The van der Waals surface area contributed by atoms with E-state index >= 15 is 0 Å². The quantitative estimate of drug-likeness (QED) is 0.795. The first-order chi connectivity index (χ1) is 8.24. The molecule has 1 fully saturated rings. The molecule has 1 aliphatic carbocycles. The summed E-state index contributed by atoms with van der Waals surface area (Å²) in [5.74, 6) is 1.61. The molecule has 1 unspecified atom stereocenters. The molecule has 1 atom stereocenters. The van der Waals surface area contributed by atoms with Crippen LogP contribution in [0.4, 0.5) is 5.69 Å². The smallest absolute Gasteiger partial charge is 0.120 e. The molecule has 1 saturated carbocycles. The lowest BCUT2D eigenvalue weighted by atomic mass is 9.89. The van der Waals surface area contributed by atoms with Crippen LogP contribution in [0.5, 0.6) is 5.75 Å². The van der Waals surface area contributed by atoms with Crippen molar-refractivity contribution in [1.82, 2.24) is 0 Å². The van der Waals surface area contributed by atoms with Gasteiger partial charge in [0.25, 0.3) is 0 Å². The van der Waals surface area contributed by atoms with Crippen molar-refractivity contribution in [2.45, 2.75) is 31.7 Å². The largest absolute Gasteiger partial charge is 0.497 e. The van der Waals surface area contributed by atoms with E-state index in [4.69, 9.17) is 10.5 Å². The first kappa shape index (κ1) is 12.2. The molecule has 0 heterocycles. The molecule has 0 amide bonds. The zero-order chi connectivity index (χ0) is 12.3. The van der Waals surface area contributed by atoms with E-state index in [0.29, 0.717) is 6.54 Å². The zero-order valence-corrected chi connectivity index (χ0v) is 10.7. The summed E-state index contributed by atoms with van der Waals surface area (Å²) in [6.07, 6.45) is 3.65. The van der Waals surface area contributed by atoms with Crippen molar-refractivity contribution in [2.75, 3.05) is 19.0 Å². The molecular weight excluding hydrogens is 212 g/mol. The van der Waals surface area contributed by atoms with E-state index in [1.807, 2.05) is 18.2 Å². The topological polar surface area (TPSA) is 47.3 Å². The summed E-state index contributed by atoms with van der Waals surface area (Å²) >= 11 is 0. The van der Waals surface area contributed by atoms with Gasteiger partial charge in [0.15, 0.2) is 0 Å². The van der Waals surface area contributed by atoms with Gasteiger partial charge in [0, 0.05) is 18.3 Å². The molecule has 1 aliphatic rings. The van der Waals surface area contributed by atoms with Crippen molar-refractivity contribution in [3.8, 4) is 5.75 Å². The fourth-order valence-corrected chi connectivity index (χ4v) is 2.47. The lowest BCUT2D eigenvalue weighted by Gasteiger charge is -2.34. The normalized spacial score (nSPS) is 18.5. The third-order valence-electron chi connectivity index (χ3n) is 3.82. The Kier molecular flexibility index (Phi) is 3.57. The molecular formula is C14H22N2O. The molecule has 0 aromatic heterocycles. The maximum atomic E-state index is 5.98. The predicted octanol–water partition coefficient (Wildman–Crippen LogP) is 2.62. The molecule has 1 aromatic rings. The second kappa shape index (κ2) is 4.96. The number of nitrogens with one attached hydrogen (secondary N) is 1. The third kappa shape index (κ3) is 2.55. The van der Waals surface area contributed by atoms with Crippen LogP contribution in [-0.4, -0.2) is 19.2 Å². The van der Waals surface area contributed by atoms with Gasteiger partial charge in [-0.25, -0.2) is 0 Å². The standard InChI is InChI=1S/C14H22N2O/c1-3-14(10-15,11-7-8-11)16-12-5-4-6-13(9-12)17-2/h4-6,9,11,16H,3,7-8,10,15H2,1-2H3. The first-order valence-corrected chi connectivity index (χ1v) is 6.36. The predicted molar refractivity (Wildman–Crippen MR) is 71.4 cm³/mol. The summed E-state index contributed by atoms with van der Waals surface area (Å²) in [5.41, 5.74) is 7.15. The Balaban J connectivity index is 2.16. The van der Waals surface area contributed by atoms with Gasteiger partial charge in [-0.1, -0.05) is 13.0 Å². The van der Waals surface area contributed by atoms with Crippen molar-refractivity contribution in [3.05, 3.63) is 24.3 Å². The van der Waals surface area contributed by atoms with Crippen LogP contribution in [0.2, 0.25) is 0 Å². The Morgan fingerprint density at radius 2 is 2.24 bits per heavy atom. The Morgan fingerprint density at radius 3 is 2.76 bits per heavy atom. The maximum Gasteiger partial charge on any atom is 0.120 e. The highest BCUT2D eigenvalue weighted by molar-refractivity contribution is 5.50. The highest BCUT2D eigenvalue weighted by Gasteiger charge is 2.42. The number of hydrogen-bond donors (Lipinski definition) is 2. The Bertz CT molecular complexity index is 370. The second-order valence-electron chi connectivity index (χ2n) is 4.85. The van der Waals surface area contributed by atoms with E-state index in [0.717, 1.165) is 23.8 Å². The van der Waals surface area contributed by atoms with Gasteiger partial charge in [0.2, 0.25) is 0 Å². The second-order valence-corrected chi connectivity index (χ2v) is 4.85. The van der Waals surface area contributed by atoms with Crippen molar-refractivity contribution in [2.24, 2.45) is 11.7 Å². The van der Waals surface area contributed by atoms with E-state index < -0.39 is 0 Å². The molecule has 17 heavy (non-hydrogen) atoms. The molecule has 1 aromatic carbocycles. The number of methoxy groups -OCH3 is 1. The van der Waals surface area contributed by atoms with Gasteiger partial charge in [0.05, 0.1) is 12.6 Å². The number of anilines is 1. The summed E-state index contributed by atoms with van der Waals surface area (Å²) < 4.78 is 5.24. The van der Waals surface area contributed by atoms with Crippen molar-refractivity contribution >= 4 is 5.69 Å². The maximum absolute atomic E-state index is 5.98. The van der Waals surface area contributed by atoms with Crippen LogP contribution in [0.25, 0.3) is 0 Å². The lowest BCUT2D eigenvalue weighted by Crippen LogP contribution is -2.47. The number of rotatable bonds is 6. The third-order valence-corrected chi connectivity index (χ3v) is 3.82. The monoisotopic (exact) mass is 234 g/mol. The van der Waals surface area contributed by atoms with Crippen LogP contribution < -0.4 is 15.8 Å². The molecule has 2 rings (SSSR count). The molecule has 3 N–H and O–H groups in total. The molecule has 0 bridgehead atoms. The minimum absolute atomic E-state index is 0.0619. The summed E-state index contributed by atoms with van der Waals surface area (Å²) in [6, 6.07) is 8.07. The van der Waals surface area contributed by atoms with E-state index in [1.165, 1.54) is 12.8 Å². The van der Waals surface area contributed by atoms with E-state index in [9.17, 15) is 0 Å². The molecule has 0 radical (unpaired) electrons. The fourth-order valence-electron chi connectivity index (χ4n) is 2.47. The SMILES string of the molecule is CCC(CN)(Nc1cccc(OC)c1)C1CC1. The molecule has 0 saturated heterocycles. The van der Waals surface area contributed by atoms with Gasteiger partial charge >= 0.3 is 0 Å². The lowest BCUT2D eigenvalue weighted by molar-refractivity contribution is 0.402. The number of hydrogen-bond acceptors (Lipinski definition) is 3. The highest BCUT2D eigenvalue weighted by Crippen LogP contribution is 2.43. The van der Waals surface area contributed by atoms with Crippen molar-refractivity contribution in [3.63, 3.8) is 0 Å². The Morgan fingerprint density at radius 1 is 1.47 bits per heavy atom. The van der Waals surface area contributed by atoms with Crippen LogP contribution >= 0.6 is 0 Å². The first-order valence-electron chi connectivity index (χ1n) is 6.36. The number of ether oxygens (including phenoxy) is 1. The summed E-state index contributed by atoms with van der Waals surface area (Å²) in [7, 11) is 1.69. The average Bonchev–Trinajstić information content (AvgIpc) is 3.21. The van der Waals surface area contributed by atoms with Gasteiger partial charge in [0.1, 0.15) is 5.75 Å². The fraction of sp³-hybridized carbons (Fsp3) is 0.571. The van der Waals surface area contributed by atoms with E-state index in [-0.39, 0.29) is 5.54 Å². The van der Waals surface area contributed by atoms with Gasteiger partial charge < -0.3 is 15.8 Å². The van der Waals surface area contributed by atoms with E-state index in [1.54, 1.807) is 7.11 Å². The molecule has 3 nitrogen and oxygen atoms in total. The summed E-state index contributed by atoms with van der Waals surface area (Å²) in [4.78, 5) is 0. The van der Waals surface area contributed by atoms with Gasteiger partial charge in [-0.05, 0) is 37.3 Å². The summed E-state index contributed by atoms with van der Waals surface area (Å²) in [5, 5.41) is 3.62. The number of nitrogens with two attached hydrogens (primary N) is 1. The van der Waals surface area contributed by atoms with Crippen LogP contribution in [0.3, 0.4) is 0 Å². The average molecular weight is 234 g/mol. The highest BCUT2D eigenvalue weighted by atomic mass is 16.5. The van der Waals surface area contributed by atoms with Crippen LogP contribution in [0.1, 0.15) is 26.2 Å². The number of benzene rings is 1. The molecule has 3 heteroatoms. The van der Waals surface area contributed by atoms with E-state index in [2.05, 4.69) is 18.3 Å². The van der Waals surface area contributed by atoms with Crippen molar-refractivity contribution in [1.29, 1.82) is 0 Å². The minimum Gasteiger partial charge on any atom is -0.497 e. The van der Waals surface area contributed by atoms with Gasteiger partial charge in [-0.3, -0.25) is 0 Å². The van der Waals surface area contributed by atoms with Crippen molar-refractivity contribution < 1.29 is 4.74 Å². The Labute approximate surface area is 103 Å². The van der Waals surface area contributed by atoms with Crippen LogP contribution in [0, 0.1) is 5.92 Å². The Hall–Kier alpha value is -1.22. The zero-order valence-electron chi connectivity index (χ0n) is 10.7. The van der Waals surface area contributed by atoms with Gasteiger partial charge in [-0.2, -0.15) is 0 Å². The molecule has 0 aliphatic heterocycles. The van der Waals surface area contributed by atoms with Crippen LogP contribution in [-0.2, 0) is 0 Å². The molecule has 0 spiro atoms. The molecule has 94 valence electrons. The minimum atomic E-state index is 0.0619. The van der Waals surface area contributed by atoms with Gasteiger partial charge in [-0.15, -0.1) is 0 Å².